The predicted molar refractivity (Wildman–Crippen MR) is 118 cm³/mol. The van der Waals surface area contributed by atoms with Crippen LogP contribution in [0.5, 0.6) is 0 Å². The van der Waals surface area contributed by atoms with E-state index in [-0.39, 0.29) is 11.4 Å². The van der Waals surface area contributed by atoms with Crippen LogP contribution in [0.3, 0.4) is 0 Å². The molecule has 2 atom stereocenters. The second-order valence-corrected chi connectivity index (χ2v) is 7.60. The summed E-state index contributed by atoms with van der Waals surface area (Å²) in [6.07, 6.45) is 12.2. The van der Waals surface area contributed by atoms with Gasteiger partial charge in [-0.05, 0) is 36.3 Å². The molecule has 2 aliphatic carbocycles. The highest BCUT2D eigenvalue weighted by atomic mass is 16.5. The molecule has 0 bridgehead atoms. The van der Waals surface area contributed by atoms with Gasteiger partial charge in [0, 0.05) is 18.5 Å². The number of benzene rings is 1. The number of carbonyl (C=O) groups excluding carboxylic acids is 1. The van der Waals surface area contributed by atoms with E-state index < -0.39 is 0 Å². The highest BCUT2D eigenvalue weighted by Gasteiger charge is 2.56. The van der Waals surface area contributed by atoms with E-state index in [0.29, 0.717) is 11.7 Å². The van der Waals surface area contributed by atoms with Gasteiger partial charge in [-0.25, -0.2) is 14.6 Å². The number of hydrazone groups is 1. The molecule has 0 aliphatic heterocycles. The summed E-state index contributed by atoms with van der Waals surface area (Å²) in [6.45, 7) is 1.48. The van der Waals surface area contributed by atoms with Crippen LogP contribution >= 0.6 is 0 Å². The molecule has 2 unspecified atom stereocenters. The van der Waals surface area contributed by atoms with Gasteiger partial charge in [-0.3, -0.25) is 10.2 Å². The first-order valence-electron chi connectivity index (χ1n) is 9.90. The van der Waals surface area contributed by atoms with Crippen LogP contribution in [-0.2, 0) is 15.1 Å². The number of ether oxygens (including phenoxy) is 1. The van der Waals surface area contributed by atoms with Crippen LogP contribution in [0.4, 0.5) is 11.5 Å². The Morgan fingerprint density at radius 3 is 2.94 bits per heavy atom. The Morgan fingerprint density at radius 1 is 1.32 bits per heavy atom. The van der Waals surface area contributed by atoms with E-state index in [9.17, 15) is 4.79 Å². The minimum Gasteiger partial charge on any atom is -0.497 e. The Bertz CT molecular complexity index is 1240. The lowest BCUT2D eigenvalue weighted by molar-refractivity contribution is -0.114. The maximum Gasteiger partial charge on any atom is 0.221 e. The number of aromatic nitrogens is 4. The van der Waals surface area contributed by atoms with Gasteiger partial charge in [0.2, 0.25) is 5.91 Å². The minimum atomic E-state index is -0.230. The van der Waals surface area contributed by atoms with Crippen LogP contribution in [0.1, 0.15) is 18.9 Å². The molecule has 2 heterocycles. The Hall–Kier alpha value is -4.01. The van der Waals surface area contributed by atoms with Crippen LogP contribution < -0.4 is 10.7 Å². The number of hydrogen-bond acceptors (Lipinski definition) is 7. The maximum absolute atomic E-state index is 11.1. The van der Waals surface area contributed by atoms with E-state index in [1.54, 1.807) is 19.5 Å². The summed E-state index contributed by atoms with van der Waals surface area (Å²) in [5, 5.41) is 12.4. The molecule has 1 saturated carbocycles. The molecule has 2 N–H and O–H groups in total. The molecule has 1 aromatic carbocycles. The summed E-state index contributed by atoms with van der Waals surface area (Å²) in [4.78, 5) is 19.9. The van der Waals surface area contributed by atoms with Gasteiger partial charge >= 0.3 is 0 Å². The molecule has 0 spiro atoms. The third kappa shape index (κ3) is 3.43. The van der Waals surface area contributed by atoms with Crippen molar-refractivity contribution in [2.45, 2.75) is 18.9 Å². The van der Waals surface area contributed by atoms with Crippen LogP contribution in [0.2, 0.25) is 0 Å². The van der Waals surface area contributed by atoms with Crippen molar-refractivity contribution in [2.75, 3.05) is 17.9 Å². The second-order valence-electron chi connectivity index (χ2n) is 7.60. The minimum absolute atomic E-state index is 0.105. The molecule has 2 aromatic heterocycles. The zero-order valence-electron chi connectivity index (χ0n) is 17.1. The molecule has 1 amide bonds. The Morgan fingerprint density at radius 2 is 2.16 bits per heavy atom. The number of rotatable bonds is 6. The second kappa shape index (κ2) is 7.35. The fourth-order valence-electron chi connectivity index (χ4n) is 3.89. The smallest absolute Gasteiger partial charge is 0.221 e. The van der Waals surface area contributed by atoms with E-state index >= 15 is 0 Å². The molecule has 156 valence electrons. The van der Waals surface area contributed by atoms with Gasteiger partial charge in [-0.2, -0.15) is 10.2 Å². The fraction of sp³-hybridized carbons (Fsp3) is 0.227. The lowest BCUT2D eigenvalue weighted by atomic mass is 10.1. The molecule has 9 nitrogen and oxygen atoms in total. The molecular formula is C22H21N7O2. The standard InChI is InChI=1S/C22H21N7O2/c1-14(30)27-17-6-3-15(4-7-17)11-25-28-20-19-12-26-29(21(19)24-13-23-20)22-9-16(22)5-8-18(10-22)31-2/h3-8,10-13,16H,9H2,1-2H3,(H,27,30)(H,23,24,28)/b25-11+. The van der Waals surface area contributed by atoms with E-state index in [0.717, 1.165) is 34.5 Å². The third-order valence-electron chi connectivity index (χ3n) is 5.52. The fourth-order valence-corrected chi connectivity index (χ4v) is 3.89. The van der Waals surface area contributed by atoms with Crippen molar-refractivity contribution >= 4 is 34.7 Å². The summed E-state index contributed by atoms with van der Waals surface area (Å²) >= 11 is 0. The molecule has 3 aromatic rings. The first-order chi connectivity index (χ1) is 15.1. The van der Waals surface area contributed by atoms with Crippen LogP contribution in [0, 0.1) is 5.92 Å². The monoisotopic (exact) mass is 415 g/mol. The number of methoxy groups -OCH3 is 1. The van der Waals surface area contributed by atoms with E-state index in [2.05, 4.69) is 43.1 Å². The summed E-state index contributed by atoms with van der Waals surface area (Å²) in [7, 11) is 1.67. The Labute approximate surface area is 178 Å². The topological polar surface area (TPSA) is 106 Å². The van der Waals surface area contributed by atoms with E-state index in [1.807, 2.05) is 35.0 Å². The summed E-state index contributed by atoms with van der Waals surface area (Å²) in [5.41, 5.74) is 5.13. The summed E-state index contributed by atoms with van der Waals surface area (Å²) in [6, 6.07) is 7.38. The Balaban J connectivity index is 1.36. The van der Waals surface area contributed by atoms with Crippen molar-refractivity contribution in [3.63, 3.8) is 0 Å². The van der Waals surface area contributed by atoms with Crippen LogP contribution in [0.25, 0.3) is 11.0 Å². The van der Waals surface area contributed by atoms with Gasteiger partial charge in [0.1, 0.15) is 12.1 Å². The SMILES string of the molecule is COC1=CC2(n3ncc4c(N/N=C/c5ccc(NC(C)=O)cc5)ncnc43)CC2C=C1. The highest BCUT2D eigenvalue weighted by molar-refractivity contribution is 5.90. The van der Waals surface area contributed by atoms with Crippen molar-refractivity contribution in [3.05, 3.63) is 66.3 Å². The average Bonchev–Trinajstić information content (AvgIpc) is 3.34. The molecule has 1 fully saturated rings. The third-order valence-corrected chi connectivity index (χ3v) is 5.52. The number of anilines is 2. The molecule has 0 radical (unpaired) electrons. The zero-order chi connectivity index (χ0) is 21.4. The Kier molecular flexibility index (Phi) is 4.50. The number of carbonyl (C=O) groups is 1. The van der Waals surface area contributed by atoms with Crippen molar-refractivity contribution in [1.29, 1.82) is 0 Å². The molecule has 5 rings (SSSR count). The molecule has 0 saturated heterocycles. The van der Waals surface area contributed by atoms with Gasteiger partial charge in [0.05, 0.1) is 30.4 Å². The zero-order valence-corrected chi connectivity index (χ0v) is 17.1. The van der Waals surface area contributed by atoms with E-state index in [1.165, 1.54) is 13.3 Å². The first kappa shape index (κ1) is 19.0. The number of allylic oxidation sites excluding steroid dienone is 3. The number of amides is 1. The molecular weight excluding hydrogens is 394 g/mol. The number of hydrogen-bond donors (Lipinski definition) is 2. The lowest BCUT2D eigenvalue weighted by Crippen LogP contribution is -2.21. The average molecular weight is 415 g/mol. The highest BCUT2D eigenvalue weighted by Crippen LogP contribution is 2.55. The van der Waals surface area contributed by atoms with Crippen LogP contribution in [-0.4, -0.2) is 39.0 Å². The van der Waals surface area contributed by atoms with Gasteiger partial charge < -0.3 is 10.1 Å². The number of nitrogens with one attached hydrogen (secondary N) is 2. The molecule has 31 heavy (non-hydrogen) atoms. The van der Waals surface area contributed by atoms with Gasteiger partial charge in [-0.1, -0.05) is 18.2 Å². The number of fused-ring (bicyclic) bond motifs is 2. The normalized spacial score (nSPS) is 21.6. The quantitative estimate of drug-likeness (QED) is 0.473. The predicted octanol–water partition coefficient (Wildman–Crippen LogP) is 3.05. The van der Waals surface area contributed by atoms with E-state index in [4.69, 9.17) is 4.74 Å². The van der Waals surface area contributed by atoms with Crippen LogP contribution in [0.15, 0.2) is 65.9 Å². The van der Waals surface area contributed by atoms with Crippen molar-refractivity contribution in [1.82, 2.24) is 19.7 Å². The van der Waals surface area contributed by atoms with Crippen molar-refractivity contribution in [2.24, 2.45) is 11.0 Å². The van der Waals surface area contributed by atoms with Gasteiger partial charge in [0.15, 0.2) is 11.5 Å². The molecule has 9 heteroatoms. The van der Waals surface area contributed by atoms with Gasteiger partial charge in [-0.15, -0.1) is 0 Å². The van der Waals surface area contributed by atoms with Crippen molar-refractivity contribution < 1.29 is 9.53 Å². The summed E-state index contributed by atoms with van der Waals surface area (Å²) in [5.74, 6) is 1.70. The first-order valence-corrected chi connectivity index (χ1v) is 9.90. The summed E-state index contributed by atoms with van der Waals surface area (Å²) < 4.78 is 7.37. The van der Waals surface area contributed by atoms with Crippen molar-refractivity contribution in [3.8, 4) is 0 Å². The number of nitrogens with zero attached hydrogens (tertiary/aromatic N) is 5. The largest absolute Gasteiger partial charge is 0.497 e. The van der Waals surface area contributed by atoms with Gasteiger partial charge in [0.25, 0.3) is 0 Å². The molecule has 2 aliphatic rings. The lowest BCUT2D eigenvalue weighted by Gasteiger charge is -2.18. The maximum atomic E-state index is 11.1.